The second kappa shape index (κ2) is 6.20. The van der Waals surface area contributed by atoms with Crippen molar-refractivity contribution in [1.82, 2.24) is 0 Å². The quantitative estimate of drug-likeness (QED) is 0.357. The molecule has 0 spiro atoms. The highest BCUT2D eigenvalue weighted by atomic mass is 79.9. The molecule has 0 N–H and O–H groups in total. The number of alkyl halides is 1. The first-order chi connectivity index (χ1) is 8.54. The van der Waals surface area contributed by atoms with E-state index < -0.39 is 10.9 Å². The molecule has 1 aromatic carbocycles. The van der Waals surface area contributed by atoms with Crippen LogP contribution < -0.4 is 9.47 Å². The predicted octanol–water partition coefficient (Wildman–Crippen LogP) is 2.12. The Morgan fingerprint density at radius 1 is 1.39 bits per heavy atom. The van der Waals surface area contributed by atoms with E-state index >= 15 is 0 Å². The summed E-state index contributed by atoms with van der Waals surface area (Å²) in [6.07, 6.45) is 0. The molecule has 7 nitrogen and oxygen atoms in total. The lowest BCUT2D eigenvalue weighted by Gasteiger charge is -2.10. The third kappa shape index (κ3) is 2.89. The molecule has 0 aliphatic heterocycles. The van der Waals surface area contributed by atoms with Gasteiger partial charge in [-0.25, -0.2) is 4.79 Å². The lowest BCUT2D eigenvalue weighted by atomic mass is 10.1. The molecule has 0 atom stereocenters. The molecule has 0 bridgehead atoms. The molecule has 0 aliphatic carbocycles. The molecule has 1 rings (SSSR count). The highest BCUT2D eigenvalue weighted by Gasteiger charge is 2.23. The van der Waals surface area contributed by atoms with Crippen LogP contribution in [-0.4, -0.2) is 30.6 Å². The summed E-state index contributed by atoms with van der Waals surface area (Å²) in [6, 6.07) is 2.33. The molecule has 0 fully saturated rings. The number of esters is 1. The zero-order chi connectivity index (χ0) is 13.7. The summed E-state index contributed by atoms with van der Waals surface area (Å²) >= 11 is 2.99. The molecule has 0 amide bonds. The SMILES string of the molecule is COC(=O)c1cc(OCBr)c([N+](=O)[O-])cc1OC. The van der Waals surface area contributed by atoms with Gasteiger partial charge in [0.2, 0.25) is 0 Å². The number of hydrogen-bond donors (Lipinski definition) is 0. The van der Waals surface area contributed by atoms with E-state index in [0.29, 0.717) is 0 Å². The molecule has 18 heavy (non-hydrogen) atoms. The van der Waals surface area contributed by atoms with Crippen LogP contribution in [0.1, 0.15) is 10.4 Å². The van der Waals surface area contributed by atoms with Crippen molar-refractivity contribution in [2.24, 2.45) is 0 Å². The van der Waals surface area contributed by atoms with Crippen molar-refractivity contribution in [2.75, 3.05) is 19.7 Å². The van der Waals surface area contributed by atoms with Gasteiger partial charge in [-0.2, -0.15) is 0 Å². The summed E-state index contributed by atoms with van der Waals surface area (Å²) in [5.74, 6) is -0.658. The lowest BCUT2D eigenvalue weighted by Crippen LogP contribution is -2.06. The molecule has 0 heterocycles. The second-order valence-electron chi connectivity index (χ2n) is 3.02. The van der Waals surface area contributed by atoms with Crippen molar-refractivity contribution in [3.05, 3.63) is 27.8 Å². The van der Waals surface area contributed by atoms with Gasteiger partial charge in [0, 0.05) is 6.07 Å². The van der Waals surface area contributed by atoms with Crippen molar-refractivity contribution >= 4 is 27.6 Å². The minimum absolute atomic E-state index is 0.0434. The van der Waals surface area contributed by atoms with Crippen LogP contribution in [0.2, 0.25) is 0 Å². The fraction of sp³-hybridized carbons (Fsp3) is 0.300. The maximum atomic E-state index is 11.5. The third-order valence-corrected chi connectivity index (χ3v) is 2.32. The summed E-state index contributed by atoms with van der Waals surface area (Å²) in [4.78, 5) is 21.7. The first kappa shape index (κ1) is 14.2. The number of benzene rings is 1. The van der Waals surface area contributed by atoms with Crippen molar-refractivity contribution in [3.8, 4) is 11.5 Å². The van der Waals surface area contributed by atoms with E-state index in [1.165, 1.54) is 20.3 Å². The van der Waals surface area contributed by atoms with Gasteiger partial charge in [-0.3, -0.25) is 10.1 Å². The molecule has 0 aliphatic rings. The number of halogens is 1. The average molecular weight is 320 g/mol. The molecule has 1 aromatic rings. The third-order valence-electron chi connectivity index (χ3n) is 2.09. The molecular weight excluding hydrogens is 310 g/mol. The molecule has 0 saturated heterocycles. The van der Waals surface area contributed by atoms with Crippen LogP contribution in [0, 0.1) is 10.1 Å². The van der Waals surface area contributed by atoms with E-state index in [9.17, 15) is 14.9 Å². The Hall–Kier alpha value is -1.83. The Bertz CT molecular complexity index is 476. The molecule has 0 unspecified atom stereocenters. The zero-order valence-corrected chi connectivity index (χ0v) is 11.2. The Morgan fingerprint density at radius 2 is 2.06 bits per heavy atom. The number of carbonyl (C=O) groups excluding carboxylic acids is 1. The molecule has 0 radical (unpaired) electrons. The van der Waals surface area contributed by atoms with Crippen molar-refractivity contribution in [2.45, 2.75) is 0 Å². The predicted molar refractivity (Wildman–Crippen MR) is 65.4 cm³/mol. The van der Waals surface area contributed by atoms with E-state index in [2.05, 4.69) is 20.7 Å². The fourth-order valence-corrected chi connectivity index (χ4v) is 1.55. The van der Waals surface area contributed by atoms with Gasteiger partial charge < -0.3 is 14.2 Å². The van der Waals surface area contributed by atoms with Gasteiger partial charge in [0.25, 0.3) is 0 Å². The topological polar surface area (TPSA) is 87.9 Å². The van der Waals surface area contributed by atoms with E-state index in [1.807, 2.05) is 0 Å². The van der Waals surface area contributed by atoms with Crippen LogP contribution >= 0.6 is 15.9 Å². The van der Waals surface area contributed by atoms with E-state index in [4.69, 9.17) is 9.47 Å². The van der Waals surface area contributed by atoms with Crippen LogP contribution in [0.25, 0.3) is 0 Å². The molecule has 8 heteroatoms. The Morgan fingerprint density at radius 3 is 2.50 bits per heavy atom. The lowest BCUT2D eigenvalue weighted by molar-refractivity contribution is -0.385. The number of nitro groups is 1. The number of hydrogen-bond acceptors (Lipinski definition) is 6. The van der Waals surface area contributed by atoms with Crippen LogP contribution in [-0.2, 0) is 4.74 Å². The van der Waals surface area contributed by atoms with Crippen molar-refractivity contribution in [1.29, 1.82) is 0 Å². The Balaban J connectivity index is 3.40. The summed E-state index contributed by atoms with van der Waals surface area (Å²) in [5.41, 5.74) is -0.179. The number of nitro benzene ring substituents is 1. The molecular formula is C10H10BrNO6. The highest BCUT2D eigenvalue weighted by Crippen LogP contribution is 2.35. The van der Waals surface area contributed by atoms with E-state index in [1.54, 1.807) is 0 Å². The average Bonchev–Trinajstić information content (AvgIpc) is 2.37. The van der Waals surface area contributed by atoms with Crippen LogP contribution in [0.15, 0.2) is 12.1 Å². The maximum Gasteiger partial charge on any atom is 0.341 e. The smallest absolute Gasteiger partial charge is 0.341 e. The van der Waals surface area contributed by atoms with Gasteiger partial charge in [0.15, 0.2) is 5.75 Å². The summed E-state index contributed by atoms with van der Waals surface area (Å²) in [5, 5.41) is 10.9. The van der Waals surface area contributed by atoms with Gasteiger partial charge in [-0.1, -0.05) is 0 Å². The summed E-state index contributed by atoms with van der Waals surface area (Å²) < 4.78 is 14.5. The minimum atomic E-state index is -0.666. The molecule has 0 aromatic heterocycles. The van der Waals surface area contributed by atoms with Crippen LogP contribution in [0.4, 0.5) is 5.69 Å². The number of methoxy groups -OCH3 is 2. The normalized spacial score (nSPS) is 9.72. The summed E-state index contributed by atoms with van der Waals surface area (Å²) in [6.45, 7) is 0. The van der Waals surface area contributed by atoms with Crippen LogP contribution in [0.5, 0.6) is 11.5 Å². The van der Waals surface area contributed by atoms with Crippen molar-refractivity contribution in [3.63, 3.8) is 0 Å². The standard InChI is InChI=1S/C10H10BrNO6/c1-16-8-4-7(12(14)15)9(18-5-11)3-6(8)10(13)17-2/h3-4H,5H2,1-2H3. The number of carbonyl (C=O) groups is 1. The van der Waals surface area contributed by atoms with Gasteiger partial charge in [-0.05, 0) is 15.9 Å². The number of ether oxygens (including phenoxy) is 3. The minimum Gasteiger partial charge on any atom is -0.496 e. The largest absolute Gasteiger partial charge is 0.496 e. The number of rotatable bonds is 5. The second-order valence-corrected chi connectivity index (χ2v) is 3.48. The van der Waals surface area contributed by atoms with Crippen molar-refractivity contribution < 1.29 is 23.9 Å². The van der Waals surface area contributed by atoms with E-state index in [-0.39, 0.29) is 28.3 Å². The van der Waals surface area contributed by atoms with Gasteiger partial charge in [0.05, 0.1) is 25.2 Å². The Kier molecular flexibility index (Phi) is 4.90. The van der Waals surface area contributed by atoms with Gasteiger partial charge in [0.1, 0.15) is 16.8 Å². The molecule has 0 saturated carbocycles. The van der Waals surface area contributed by atoms with Gasteiger partial charge >= 0.3 is 11.7 Å². The fourth-order valence-electron chi connectivity index (χ4n) is 1.30. The first-order valence-corrected chi connectivity index (χ1v) is 5.80. The van der Waals surface area contributed by atoms with Crippen LogP contribution in [0.3, 0.4) is 0 Å². The number of nitrogens with zero attached hydrogens (tertiary/aromatic N) is 1. The highest BCUT2D eigenvalue weighted by molar-refractivity contribution is 9.09. The van der Waals surface area contributed by atoms with Gasteiger partial charge in [-0.15, -0.1) is 0 Å². The van der Waals surface area contributed by atoms with E-state index in [0.717, 1.165) is 6.07 Å². The zero-order valence-electron chi connectivity index (χ0n) is 9.64. The maximum absolute atomic E-state index is 11.5. The first-order valence-electron chi connectivity index (χ1n) is 4.68. The Labute approximate surface area is 111 Å². The molecule has 98 valence electrons. The summed E-state index contributed by atoms with van der Waals surface area (Å²) in [7, 11) is 2.50. The monoisotopic (exact) mass is 319 g/mol.